The first-order valence-electron chi connectivity index (χ1n) is 4.50. The Bertz CT molecular complexity index is 347. The number of halogens is 3. The third kappa shape index (κ3) is 2.70. The van der Waals surface area contributed by atoms with Gasteiger partial charge >= 0.3 is 6.18 Å². The predicted octanol–water partition coefficient (Wildman–Crippen LogP) is 2.54. The van der Waals surface area contributed by atoms with Gasteiger partial charge in [-0.2, -0.15) is 13.2 Å². The number of rotatable bonds is 2. The summed E-state index contributed by atoms with van der Waals surface area (Å²) in [5.41, 5.74) is 2.54. The van der Waals surface area contributed by atoms with Crippen LogP contribution in [0.3, 0.4) is 0 Å². The predicted molar refractivity (Wildman–Crippen MR) is 51.9 cm³/mol. The Labute approximate surface area is 86.2 Å². The van der Waals surface area contributed by atoms with E-state index in [0.29, 0.717) is 5.56 Å². The Morgan fingerprint density at radius 2 is 1.93 bits per heavy atom. The molecule has 5 heteroatoms. The summed E-state index contributed by atoms with van der Waals surface area (Å²) in [5.74, 6) is 5.17. The van der Waals surface area contributed by atoms with E-state index in [1.165, 1.54) is 13.0 Å². The molecule has 0 bridgehead atoms. The Morgan fingerprint density at radius 3 is 2.40 bits per heavy atom. The minimum atomic E-state index is -4.31. The molecule has 0 spiro atoms. The van der Waals surface area contributed by atoms with E-state index in [2.05, 4.69) is 5.43 Å². The minimum Gasteiger partial charge on any atom is -0.271 e. The maximum absolute atomic E-state index is 12.5. The fraction of sp³-hybridized carbons (Fsp3) is 0.400. The molecule has 0 amide bonds. The summed E-state index contributed by atoms with van der Waals surface area (Å²) in [6.45, 7) is 3.14. The van der Waals surface area contributed by atoms with Crippen molar-refractivity contribution < 1.29 is 13.2 Å². The molecule has 1 atom stereocenters. The average Bonchev–Trinajstić information content (AvgIpc) is 2.15. The lowest BCUT2D eigenvalue weighted by atomic mass is 10.0. The van der Waals surface area contributed by atoms with E-state index in [1.807, 2.05) is 0 Å². The Kier molecular flexibility index (Phi) is 3.36. The lowest BCUT2D eigenvalue weighted by molar-refractivity contribution is -0.138. The molecule has 15 heavy (non-hydrogen) atoms. The summed E-state index contributed by atoms with van der Waals surface area (Å²) in [7, 11) is 0. The highest BCUT2D eigenvalue weighted by Crippen LogP contribution is 2.33. The second-order valence-corrected chi connectivity index (χ2v) is 3.46. The van der Waals surface area contributed by atoms with E-state index in [4.69, 9.17) is 5.84 Å². The van der Waals surface area contributed by atoms with Crippen LogP contribution in [-0.2, 0) is 6.18 Å². The molecule has 0 saturated carbocycles. The zero-order valence-corrected chi connectivity index (χ0v) is 8.52. The van der Waals surface area contributed by atoms with Crippen molar-refractivity contribution >= 4 is 0 Å². The van der Waals surface area contributed by atoms with Crippen molar-refractivity contribution in [3.63, 3.8) is 0 Å². The second-order valence-electron chi connectivity index (χ2n) is 3.46. The standard InChI is InChI=1S/C10H13F3N2/c1-6-3-4-8(7(2)15-14)5-9(6)10(11,12)13/h3-5,7,15H,14H2,1-2H3. The Hall–Kier alpha value is -1.07. The number of nitrogens with two attached hydrogens (primary N) is 1. The molecule has 84 valence electrons. The molecular formula is C10H13F3N2. The van der Waals surface area contributed by atoms with Crippen LogP contribution in [-0.4, -0.2) is 0 Å². The number of aryl methyl sites for hydroxylation is 1. The van der Waals surface area contributed by atoms with Crippen LogP contribution in [0.25, 0.3) is 0 Å². The number of hydrogen-bond donors (Lipinski definition) is 2. The highest BCUT2D eigenvalue weighted by atomic mass is 19.4. The fourth-order valence-corrected chi connectivity index (χ4v) is 1.31. The van der Waals surface area contributed by atoms with E-state index in [0.717, 1.165) is 6.07 Å². The van der Waals surface area contributed by atoms with Crippen molar-refractivity contribution in [1.29, 1.82) is 0 Å². The van der Waals surface area contributed by atoms with E-state index in [-0.39, 0.29) is 11.6 Å². The van der Waals surface area contributed by atoms with Gasteiger partial charge in [-0.05, 0) is 31.0 Å². The molecule has 1 unspecified atom stereocenters. The number of hydrogen-bond acceptors (Lipinski definition) is 2. The van der Waals surface area contributed by atoms with Crippen LogP contribution in [0.2, 0.25) is 0 Å². The number of hydrazine groups is 1. The average molecular weight is 218 g/mol. The lowest BCUT2D eigenvalue weighted by Gasteiger charge is -2.15. The molecule has 0 aliphatic heterocycles. The van der Waals surface area contributed by atoms with Gasteiger partial charge < -0.3 is 0 Å². The minimum absolute atomic E-state index is 0.218. The molecule has 2 nitrogen and oxygen atoms in total. The van der Waals surface area contributed by atoms with Gasteiger partial charge in [0.2, 0.25) is 0 Å². The fourth-order valence-electron chi connectivity index (χ4n) is 1.31. The zero-order valence-electron chi connectivity index (χ0n) is 8.52. The first-order chi connectivity index (χ1) is 6.86. The van der Waals surface area contributed by atoms with Crippen LogP contribution >= 0.6 is 0 Å². The van der Waals surface area contributed by atoms with Crippen molar-refractivity contribution in [3.8, 4) is 0 Å². The van der Waals surface area contributed by atoms with E-state index < -0.39 is 11.7 Å². The van der Waals surface area contributed by atoms with Crippen LogP contribution in [0.4, 0.5) is 13.2 Å². The van der Waals surface area contributed by atoms with Crippen molar-refractivity contribution in [2.24, 2.45) is 5.84 Å². The smallest absolute Gasteiger partial charge is 0.271 e. The molecule has 0 saturated heterocycles. The third-order valence-corrected chi connectivity index (χ3v) is 2.32. The van der Waals surface area contributed by atoms with Gasteiger partial charge in [0.1, 0.15) is 0 Å². The molecular weight excluding hydrogens is 205 g/mol. The molecule has 0 aliphatic carbocycles. The topological polar surface area (TPSA) is 38.0 Å². The lowest BCUT2D eigenvalue weighted by Crippen LogP contribution is -2.26. The van der Waals surface area contributed by atoms with Gasteiger partial charge in [-0.25, -0.2) is 0 Å². The van der Waals surface area contributed by atoms with Crippen molar-refractivity contribution in [2.75, 3.05) is 0 Å². The SMILES string of the molecule is Cc1ccc(C(C)NN)cc1C(F)(F)F. The highest BCUT2D eigenvalue weighted by Gasteiger charge is 2.32. The third-order valence-electron chi connectivity index (χ3n) is 2.32. The molecule has 0 radical (unpaired) electrons. The Balaban J connectivity index is 3.17. The summed E-state index contributed by atoms with van der Waals surface area (Å²) >= 11 is 0. The summed E-state index contributed by atoms with van der Waals surface area (Å²) in [6.07, 6.45) is -4.31. The highest BCUT2D eigenvalue weighted by molar-refractivity contribution is 5.34. The van der Waals surface area contributed by atoms with E-state index >= 15 is 0 Å². The van der Waals surface area contributed by atoms with Gasteiger partial charge in [0.15, 0.2) is 0 Å². The van der Waals surface area contributed by atoms with Crippen molar-refractivity contribution in [2.45, 2.75) is 26.1 Å². The zero-order chi connectivity index (χ0) is 11.6. The van der Waals surface area contributed by atoms with E-state index in [9.17, 15) is 13.2 Å². The Morgan fingerprint density at radius 1 is 1.33 bits per heavy atom. The summed E-state index contributed by atoms with van der Waals surface area (Å²) < 4.78 is 37.6. The van der Waals surface area contributed by atoms with Crippen molar-refractivity contribution in [1.82, 2.24) is 5.43 Å². The molecule has 1 rings (SSSR count). The van der Waals surface area contributed by atoms with Gasteiger partial charge in [0.05, 0.1) is 5.56 Å². The van der Waals surface area contributed by atoms with Crippen molar-refractivity contribution in [3.05, 3.63) is 34.9 Å². The number of benzene rings is 1. The summed E-state index contributed by atoms with van der Waals surface area (Å²) in [5, 5.41) is 0. The molecule has 0 aromatic heterocycles. The van der Waals surface area contributed by atoms with Crippen LogP contribution < -0.4 is 11.3 Å². The van der Waals surface area contributed by atoms with Gasteiger partial charge in [-0.1, -0.05) is 12.1 Å². The van der Waals surface area contributed by atoms with Gasteiger partial charge in [-0.15, -0.1) is 0 Å². The van der Waals surface area contributed by atoms with Gasteiger partial charge in [-0.3, -0.25) is 11.3 Å². The molecule has 1 aromatic carbocycles. The maximum Gasteiger partial charge on any atom is 0.416 e. The maximum atomic E-state index is 12.5. The van der Waals surface area contributed by atoms with Crippen LogP contribution in [0, 0.1) is 6.92 Å². The second kappa shape index (κ2) is 4.20. The molecule has 1 aromatic rings. The molecule has 0 heterocycles. The monoisotopic (exact) mass is 218 g/mol. The van der Waals surface area contributed by atoms with Gasteiger partial charge in [0.25, 0.3) is 0 Å². The molecule has 3 N–H and O–H groups in total. The van der Waals surface area contributed by atoms with Crippen LogP contribution in [0.1, 0.15) is 29.7 Å². The first kappa shape index (κ1) is 12.0. The number of alkyl halides is 3. The normalized spacial score (nSPS) is 14.0. The quantitative estimate of drug-likeness (QED) is 0.591. The molecule has 0 aliphatic rings. The largest absolute Gasteiger partial charge is 0.416 e. The van der Waals surface area contributed by atoms with E-state index in [1.54, 1.807) is 13.0 Å². The first-order valence-corrected chi connectivity index (χ1v) is 4.50. The van der Waals surface area contributed by atoms with Crippen LogP contribution in [0.5, 0.6) is 0 Å². The van der Waals surface area contributed by atoms with Crippen LogP contribution in [0.15, 0.2) is 18.2 Å². The molecule has 0 fully saturated rings. The summed E-state index contributed by atoms with van der Waals surface area (Å²) in [4.78, 5) is 0. The summed E-state index contributed by atoms with van der Waals surface area (Å²) in [6, 6.07) is 3.91. The van der Waals surface area contributed by atoms with Gasteiger partial charge in [0, 0.05) is 6.04 Å². The number of nitrogens with one attached hydrogen (secondary N) is 1.